The zero-order chi connectivity index (χ0) is 12.6. The van der Waals surface area contributed by atoms with Crippen LogP contribution in [0.4, 0.5) is 0 Å². The second kappa shape index (κ2) is 8.27. The van der Waals surface area contributed by atoms with Crippen LogP contribution in [0.2, 0.25) is 0 Å². The van der Waals surface area contributed by atoms with Crippen molar-refractivity contribution in [3.8, 4) is 0 Å². The van der Waals surface area contributed by atoms with Crippen LogP contribution in [-0.2, 0) is 4.79 Å². The SMILES string of the molecule is CSCC(=O)N(CCC(N)=NO)CC(C)C. The quantitative estimate of drug-likeness (QED) is 0.304. The van der Waals surface area contributed by atoms with Gasteiger partial charge in [0.1, 0.15) is 5.84 Å². The fourth-order valence-corrected chi connectivity index (χ4v) is 1.70. The second-order valence-electron chi connectivity index (χ2n) is 4.01. The van der Waals surface area contributed by atoms with E-state index in [9.17, 15) is 4.79 Å². The molecule has 0 aromatic heterocycles. The highest BCUT2D eigenvalue weighted by Crippen LogP contribution is 2.04. The van der Waals surface area contributed by atoms with E-state index < -0.39 is 0 Å². The number of carbonyl (C=O) groups is 1. The van der Waals surface area contributed by atoms with Crippen molar-refractivity contribution in [3.63, 3.8) is 0 Å². The van der Waals surface area contributed by atoms with E-state index in [4.69, 9.17) is 10.9 Å². The number of nitrogens with two attached hydrogens (primary N) is 1. The van der Waals surface area contributed by atoms with Gasteiger partial charge >= 0.3 is 0 Å². The van der Waals surface area contributed by atoms with Gasteiger partial charge in [0, 0.05) is 19.5 Å². The first kappa shape index (κ1) is 15.1. The highest BCUT2D eigenvalue weighted by Gasteiger charge is 2.14. The van der Waals surface area contributed by atoms with Gasteiger partial charge in [0.25, 0.3) is 0 Å². The van der Waals surface area contributed by atoms with Crippen LogP contribution in [0.1, 0.15) is 20.3 Å². The van der Waals surface area contributed by atoms with E-state index in [0.29, 0.717) is 31.2 Å². The molecule has 6 heteroatoms. The Morgan fingerprint density at radius 1 is 1.56 bits per heavy atom. The number of amidine groups is 1. The number of rotatable bonds is 7. The Labute approximate surface area is 101 Å². The van der Waals surface area contributed by atoms with Crippen molar-refractivity contribution in [3.05, 3.63) is 0 Å². The lowest BCUT2D eigenvalue weighted by Crippen LogP contribution is -2.37. The van der Waals surface area contributed by atoms with Gasteiger partial charge in [0.15, 0.2) is 0 Å². The van der Waals surface area contributed by atoms with E-state index in [0.717, 1.165) is 0 Å². The molecule has 0 atom stereocenters. The normalized spacial score (nSPS) is 11.9. The van der Waals surface area contributed by atoms with Crippen molar-refractivity contribution >= 4 is 23.5 Å². The van der Waals surface area contributed by atoms with Gasteiger partial charge < -0.3 is 15.8 Å². The van der Waals surface area contributed by atoms with Crippen LogP contribution in [0.3, 0.4) is 0 Å². The average molecular weight is 247 g/mol. The van der Waals surface area contributed by atoms with Gasteiger partial charge in [-0.25, -0.2) is 0 Å². The molecule has 1 amide bonds. The van der Waals surface area contributed by atoms with Crippen LogP contribution in [-0.4, -0.2) is 46.9 Å². The first-order chi connectivity index (χ1) is 7.51. The maximum atomic E-state index is 11.7. The number of hydrogen-bond acceptors (Lipinski definition) is 4. The molecule has 0 spiro atoms. The third-order valence-electron chi connectivity index (χ3n) is 1.97. The minimum Gasteiger partial charge on any atom is -0.409 e. The van der Waals surface area contributed by atoms with E-state index in [1.54, 1.807) is 4.90 Å². The van der Waals surface area contributed by atoms with Gasteiger partial charge in [-0.2, -0.15) is 11.8 Å². The molecule has 5 nitrogen and oxygen atoms in total. The molecule has 0 aromatic rings. The van der Waals surface area contributed by atoms with Crippen molar-refractivity contribution < 1.29 is 10.0 Å². The highest BCUT2D eigenvalue weighted by atomic mass is 32.2. The monoisotopic (exact) mass is 247 g/mol. The Hall–Kier alpha value is -0.910. The summed E-state index contributed by atoms with van der Waals surface area (Å²) in [5, 5.41) is 11.3. The van der Waals surface area contributed by atoms with Crippen LogP contribution >= 0.6 is 11.8 Å². The van der Waals surface area contributed by atoms with Crippen molar-refractivity contribution in [1.82, 2.24) is 4.90 Å². The van der Waals surface area contributed by atoms with E-state index in [1.165, 1.54) is 11.8 Å². The Morgan fingerprint density at radius 3 is 2.62 bits per heavy atom. The lowest BCUT2D eigenvalue weighted by Gasteiger charge is -2.24. The lowest BCUT2D eigenvalue weighted by molar-refractivity contribution is -0.128. The molecule has 94 valence electrons. The largest absolute Gasteiger partial charge is 0.409 e. The molecule has 0 saturated carbocycles. The van der Waals surface area contributed by atoms with E-state index in [2.05, 4.69) is 19.0 Å². The molecule has 0 aliphatic rings. The number of hydrogen-bond donors (Lipinski definition) is 2. The van der Waals surface area contributed by atoms with Crippen LogP contribution in [0, 0.1) is 5.92 Å². The predicted molar refractivity (Wildman–Crippen MR) is 67.8 cm³/mol. The predicted octanol–water partition coefficient (Wildman–Crippen LogP) is 0.970. The molecule has 0 aromatic carbocycles. The summed E-state index contributed by atoms with van der Waals surface area (Å²) in [7, 11) is 0. The third-order valence-corrected chi connectivity index (χ3v) is 2.51. The molecule has 0 heterocycles. The molecule has 16 heavy (non-hydrogen) atoms. The maximum Gasteiger partial charge on any atom is 0.232 e. The van der Waals surface area contributed by atoms with Gasteiger partial charge in [-0.3, -0.25) is 4.79 Å². The number of carbonyl (C=O) groups excluding carboxylic acids is 1. The molecule has 0 bridgehead atoms. The summed E-state index contributed by atoms with van der Waals surface area (Å²) in [4.78, 5) is 13.5. The van der Waals surface area contributed by atoms with Crippen molar-refractivity contribution in [1.29, 1.82) is 0 Å². The molecule has 0 saturated heterocycles. The second-order valence-corrected chi connectivity index (χ2v) is 4.87. The molecule has 3 N–H and O–H groups in total. The first-order valence-corrected chi connectivity index (χ1v) is 6.63. The molecule has 0 rings (SSSR count). The smallest absolute Gasteiger partial charge is 0.232 e. The van der Waals surface area contributed by atoms with Crippen LogP contribution in [0.25, 0.3) is 0 Å². The van der Waals surface area contributed by atoms with Gasteiger partial charge in [0.2, 0.25) is 5.91 Å². The number of thioether (sulfide) groups is 1. The van der Waals surface area contributed by atoms with Gasteiger partial charge in [0.05, 0.1) is 5.75 Å². The van der Waals surface area contributed by atoms with E-state index in [1.807, 2.05) is 6.26 Å². The summed E-state index contributed by atoms with van der Waals surface area (Å²) in [6.45, 7) is 5.33. The Morgan fingerprint density at radius 2 is 2.19 bits per heavy atom. The summed E-state index contributed by atoms with van der Waals surface area (Å²) in [5.41, 5.74) is 5.38. The van der Waals surface area contributed by atoms with E-state index in [-0.39, 0.29) is 11.7 Å². The Balaban J connectivity index is 4.25. The number of nitrogens with zero attached hydrogens (tertiary/aromatic N) is 2. The maximum absolute atomic E-state index is 11.7. The van der Waals surface area contributed by atoms with Gasteiger partial charge in [-0.1, -0.05) is 19.0 Å². The zero-order valence-corrected chi connectivity index (χ0v) is 11.0. The van der Waals surface area contributed by atoms with Gasteiger partial charge in [-0.15, -0.1) is 0 Å². The van der Waals surface area contributed by atoms with Crippen LogP contribution in [0.5, 0.6) is 0 Å². The number of oxime groups is 1. The standard InChI is InChI=1S/C10H21N3O2S/c1-8(2)6-13(10(14)7-16-3)5-4-9(11)12-15/h8,15H,4-7H2,1-3H3,(H2,11,12). The Kier molecular flexibility index (Phi) is 7.80. The average Bonchev–Trinajstić information content (AvgIpc) is 2.23. The lowest BCUT2D eigenvalue weighted by atomic mass is 10.2. The minimum absolute atomic E-state index is 0.104. The number of amides is 1. The molecule has 0 fully saturated rings. The van der Waals surface area contributed by atoms with Crippen molar-refractivity contribution in [2.75, 3.05) is 25.1 Å². The summed E-state index contributed by atoms with van der Waals surface area (Å²) in [5.74, 6) is 1.15. The fourth-order valence-electron chi connectivity index (χ4n) is 1.27. The van der Waals surface area contributed by atoms with Gasteiger partial charge in [-0.05, 0) is 12.2 Å². The van der Waals surface area contributed by atoms with E-state index >= 15 is 0 Å². The molecule has 0 unspecified atom stereocenters. The summed E-state index contributed by atoms with van der Waals surface area (Å²) < 4.78 is 0. The highest BCUT2D eigenvalue weighted by molar-refractivity contribution is 7.99. The fraction of sp³-hybridized carbons (Fsp3) is 0.800. The molecule has 0 aliphatic carbocycles. The topological polar surface area (TPSA) is 78.9 Å². The Bertz CT molecular complexity index is 244. The molecular weight excluding hydrogens is 226 g/mol. The minimum atomic E-state index is 0.104. The molecule has 0 radical (unpaired) electrons. The summed E-state index contributed by atoms with van der Waals surface area (Å²) in [6, 6.07) is 0. The molecular formula is C10H21N3O2S. The summed E-state index contributed by atoms with van der Waals surface area (Å²) in [6.07, 6.45) is 2.30. The first-order valence-electron chi connectivity index (χ1n) is 5.24. The van der Waals surface area contributed by atoms with Crippen molar-refractivity contribution in [2.45, 2.75) is 20.3 Å². The van der Waals surface area contributed by atoms with Crippen molar-refractivity contribution in [2.24, 2.45) is 16.8 Å². The zero-order valence-electron chi connectivity index (χ0n) is 10.1. The summed E-state index contributed by atoms with van der Waals surface area (Å²) >= 11 is 1.50. The van der Waals surface area contributed by atoms with Crippen LogP contribution in [0.15, 0.2) is 5.16 Å². The molecule has 0 aliphatic heterocycles. The third kappa shape index (κ3) is 6.55. The van der Waals surface area contributed by atoms with Crippen LogP contribution < -0.4 is 5.73 Å².